The van der Waals surface area contributed by atoms with E-state index in [9.17, 15) is 0 Å². The van der Waals surface area contributed by atoms with Crippen molar-refractivity contribution in [2.45, 2.75) is 31.2 Å². The predicted molar refractivity (Wildman–Crippen MR) is 82.9 cm³/mol. The first-order valence-corrected chi connectivity index (χ1v) is 7.32. The number of likely N-dealkylation sites (N-methyl/N-ethyl adjacent to an activating group) is 1. The Balaban J connectivity index is 1.83. The van der Waals surface area contributed by atoms with Gasteiger partial charge < -0.3 is 10.2 Å². The van der Waals surface area contributed by atoms with E-state index in [-0.39, 0.29) is 5.54 Å². The number of rotatable bonds is 4. The first-order valence-electron chi connectivity index (χ1n) is 7.32. The van der Waals surface area contributed by atoms with Crippen LogP contribution >= 0.6 is 0 Å². The highest BCUT2D eigenvalue weighted by molar-refractivity contribution is 5.88. The van der Waals surface area contributed by atoms with Gasteiger partial charge in [-0.2, -0.15) is 0 Å². The molecule has 1 aromatic heterocycles. The topological polar surface area (TPSA) is 41.0 Å². The van der Waals surface area contributed by atoms with Gasteiger partial charge in [-0.05, 0) is 39.1 Å². The van der Waals surface area contributed by atoms with Gasteiger partial charge in [-0.25, -0.2) is 9.97 Å². The molecule has 0 spiro atoms. The average molecular weight is 270 g/mol. The second-order valence-electron chi connectivity index (χ2n) is 5.92. The van der Waals surface area contributed by atoms with Crippen LogP contribution in [0.4, 0.5) is 5.82 Å². The minimum atomic E-state index is 0.270. The minimum absolute atomic E-state index is 0.270. The van der Waals surface area contributed by atoms with Crippen molar-refractivity contribution in [3.8, 4) is 0 Å². The maximum Gasteiger partial charge on any atom is 0.137 e. The van der Waals surface area contributed by atoms with E-state index < -0.39 is 0 Å². The molecule has 4 heteroatoms. The molecule has 0 saturated heterocycles. The smallest absolute Gasteiger partial charge is 0.137 e. The van der Waals surface area contributed by atoms with E-state index in [0.29, 0.717) is 0 Å². The Labute approximate surface area is 120 Å². The van der Waals surface area contributed by atoms with Gasteiger partial charge in [0.2, 0.25) is 0 Å². The van der Waals surface area contributed by atoms with Gasteiger partial charge >= 0.3 is 0 Å². The third kappa shape index (κ3) is 2.36. The molecule has 0 aliphatic heterocycles. The largest absolute Gasteiger partial charge is 0.368 e. The van der Waals surface area contributed by atoms with Crippen LogP contribution < -0.4 is 5.32 Å². The number of hydrogen-bond acceptors (Lipinski definition) is 4. The zero-order valence-corrected chi connectivity index (χ0v) is 12.3. The van der Waals surface area contributed by atoms with Crippen LogP contribution in [0.2, 0.25) is 0 Å². The first-order chi connectivity index (χ1) is 9.71. The van der Waals surface area contributed by atoms with E-state index in [1.54, 1.807) is 6.33 Å². The Morgan fingerprint density at radius 3 is 2.65 bits per heavy atom. The van der Waals surface area contributed by atoms with Gasteiger partial charge in [-0.1, -0.05) is 25.0 Å². The van der Waals surface area contributed by atoms with Crippen LogP contribution in [0.1, 0.15) is 25.7 Å². The molecule has 2 aromatic rings. The molecule has 1 aliphatic rings. The summed E-state index contributed by atoms with van der Waals surface area (Å²) in [6, 6.07) is 8.15. The number of hydrogen-bond donors (Lipinski definition) is 1. The average Bonchev–Trinajstić information content (AvgIpc) is 2.95. The van der Waals surface area contributed by atoms with E-state index >= 15 is 0 Å². The second-order valence-corrected chi connectivity index (χ2v) is 5.92. The van der Waals surface area contributed by atoms with E-state index in [1.807, 2.05) is 18.2 Å². The van der Waals surface area contributed by atoms with Crippen LogP contribution in [0, 0.1) is 0 Å². The van der Waals surface area contributed by atoms with E-state index in [4.69, 9.17) is 0 Å². The maximum atomic E-state index is 4.42. The summed E-state index contributed by atoms with van der Waals surface area (Å²) >= 11 is 0. The van der Waals surface area contributed by atoms with Crippen LogP contribution in [0.3, 0.4) is 0 Å². The van der Waals surface area contributed by atoms with E-state index in [1.165, 1.54) is 25.7 Å². The number of nitrogens with one attached hydrogen (secondary N) is 1. The number of aromatic nitrogens is 2. The molecule has 20 heavy (non-hydrogen) atoms. The lowest BCUT2D eigenvalue weighted by molar-refractivity contribution is 0.172. The number of fused-ring (bicyclic) bond motifs is 1. The normalized spacial score (nSPS) is 17.8. The molecule has 1 heterocycles. The van der Waals surface area contributed by atoms with Crippen molar-refractivity contribution >= 4 is 16.7 Å². The van der Waals surface area contributed by atoms with Crippen molar-refractivity contribution in [1.82, 2.24) is 14.9 Å². The predicted octanol–water partition coefficient (Wildman–Crippen LogP) is 2.92. The van der Waals surface area contributed by atoms with E-state index in [0.717, 1.165) is 23.3 Å². The van der Waals surface area contributed by atoms with Crippen LogP contribution in [-0.4, -0.2) is 41.0 Å². The van der Waals surface area contributed by atoms with Gasteiger partial charge in [0.1, 0.15) is 12.1 Å². The van der Waals surface area contributed by atoms with Crippen molar-refractivity contribution in [2.75, 3.05) is 26.0 Å². The monoisotopic (exact) mass is 270 g/mol. The highest BCUT2D eigenvalue weighted by Crippen LogP contribution is 2.34. The molecule has 0 unspecified atom stereocenters. The standard InChI is InChI=1S/C16H22N4/c1-20(2)16(9-5-6-10-16)11-17-15-13-7-3-4-8-14(13)18-12-19-15/h3-4,7-8,12H,5-6,9-11H2,1-2H3,(H,17,18,19). The summed E-state index contributed by atoms with van der Waals surface area (Å²) in [6.45, 7) is 0.945. The van der Waals surface area contributed by atoms with E-state index in [2.05, 4.69) is 40.3 Å². The molecule has 0 amide bonds. The second kappa shape index (κ2) is 5.37. The zero-order chi connectivity index (χ0) is 14.0. The zero-order valence-electron chi connectivity index (χ0n) is 12.3. The highest BCUT2D eigenvalue weighted by atomic mass is 15.2. The molecule has 0 bridgehead atoms. The summed E-state index contributed by atoms with van der Waals surface area (Å²) < 4.78 is 0. The van der Waals surface area contributed by atoms with Gasteiger partial charge in [0.25, 0.3) is 0 Å². The number of benzene rings is 1. The Bertz CT molecular complexity index is 583. The maximum absolute atomic E-state index is 4.42. The van der Waals surface area contributed by atoms with Crippen LogP contribution in [0.5, 0.6) is 0 Å². The lowest BCUT2D eigenvalue weighted by atomic mass is 9.96. The molecule has 1 N–H and O–H groups in total. The molecular weight excluding hydrogens is 248 g/mol. The molecule has 1 aromatic carbocycles. The summed E-state index contributed by atoms with van der Waals surface area (Å²) in [6.07, 6.45) is 6.81. The molecule has 1 aliphatic carbocycles. The first kappa shape index (κ1) is 13.3. The van der Waals surface area contributed by atoms with Gasteiger partial charge in [-0.3, -0.25) is 0 Å². The molecular formula is C16H22N4. The molecule has 4 nitrogen and oxygen atoms in total. The fourth-order valence-electron chi connectivity index (χ4n) is 3.21. The Morgan fingerprint density at radius 1 is 1.15 bits per heavy atom. The molecule has 0 radical (unpaired) electrons. The minimum Gasteiger partial charge on any atom is -0.368 e. The van der Waals surface area contributed by atoms with Crippen LogP contribution in [0.25, 0.3) is 10.9 Å². The summed E-state index contributed by atoms with van der Waals surface area (Å²) in [5.74, 6) is 0.948. The third-order valence-electron chi connectivity index (χ3n) is 4.61. The van der Waals surface area contributed by atoms with Crippen molar-refractivity contribution < 1.29 is 0 Å². The number of nitrogens with zero attached hydrogens (tertiary/aromatic N) is 3. The molecule has 1 fully saturated rings. The van der Waals surface area contributed by atoms with Gasteiger partial charge in [0, 0.05) is 17.5 Å². The van der Waals surface area contributed by atoms with Crippen molar-refractivity contribution in [3.63, 3.8) is 0 Å². The molecule has 1 saturated carbocycles. The van der Waals surface area contributed by atoms with Gasteiger partial charge in [0.15, 0.2) is 0 Å². The van der Waals surface area contributed by atoms with Crippen LogP contribution in [0.15, 0.2) is 30.6 Å². The SMILES string of the molecule is CN(C)C1(CNc2ncnc3ccccc23)CCCC1. The Morgan fingerprint density at radius 2 is 1.90 bits per heavy atom. The van der Waals surface area contributed by atoms with Gasteiger partial charge in [-0.15, -0.1) is 0 Å². The lowest BCUT2D eigenvalue weighted by Crippen LogP contribution is -2.47. The lowest BCUT2D eigenvalue weighted by Gasteiger charge is -2.36. The van der Waals surface area contributed by atoms with Crippen molar-refractivity contribution in [3.05, 3.63) is 30.6 Å². The van der Waals surface area contributed by atoms with Crippen LogP contribution in [-0.2, 0) is 0 Å². The van der Waals surface area contributed by atoms with Crippen molar-refractivity contribution in [1.29, 1.82) is 0 Å². The Hall–Kier alpha value is -1.68. The quantitative estimate of drug-likeness (QED) is 0.927. The van der Waals surface area contributed by atoms with Gasteiger partial charge in [0.05, 0.1) is 5.52 Å². The Kier molecular flexibility index (Phi) is 3.57. The fraction of sp³-hybridized carbons (Fsp3) is 0.500. The van der Waals surface area contributed by atoms with Crippen molar-refractivity contribution in [2.24, 2.45) is 0 Å². The summed E-state index contributed by atoms with van der Waals surface area (Å²) in [5.41, 5.74) is 1.27. The molecule has 106 valence electrons. The molecule has 0 atom stereocenters. The highest BCUT2D eigenvalue weighted by Gasteiger charge is 2.35. The fourth-order valence-corrected chi connectivity index (χ4v) is 3.21. The summed E-state index contributed by atoms with van der Waals surface area (Å²) in [7, 11) is 4.37. The third-order valence-corrected chi connectivity index (χ3v) is 4.61. The number of anilines is 1. The summed E-state index contributed by atoms with van der Waals surface area (Å²) in [5, 5.41) is 4.66. The summed E-state index contributed by atoms with van der Waals surface area (Å²) in [4.78, 5) is 11.1. The number of para-hydroxylation sites is 1. The molecule has 3 rings (SSSR count).